The van der Waals surface area contributed by atoms with Crippen molar-refractivity contribution in [3.63, 3.8) is 0 Å². The van der Waals surface area contributed by atoms with E-state index in [1.807, 2.05) is 6.07 Å². The minimum atomic E-state index is -4.57. The number of ether oxygens (including phenoxy) is 1. The Morgan fingerprint density at radius 3 is 2.50 bits per heavy atom. The van der Waals surface area contributed by atoms with Crippen molar-refractivity contribution in [3.05, 3.63) is 93.7 Å². The van der Waals surface area contributed by atoms with Crippen molar-refractivity contribution in [1.29, 1.82) is 0 Å². The van der Waals surface area contributed by atoms with Crippen LogP contribution in [0.2, 0.25) is 0 Å². The molecule has 11 heteroatoms. The molecule has 2 aromatic heterocycles. The second-order valence-electron chi connectivity index (χ2n) is 7.32. The summed E-state index contributed by atoms with van der Waals surface area (Å²) in [5, 5.41) is 11.7. The number of carbonyl (C=O) groups is 1. The maximum absolute atomic E-state index is 13.1. The lowest BCUT2D eigenvalue weighted by molar-refractivity contribution is -0.137. The number of nitrogens with zero attached hydrogens (tertiary/aromatic N) is 4. The molecule has 0 radical (unpaired) electrons. The van der Waals surface area contributed by atoms with Crippen molar-refractivity contribution in [3.8, 4) is 17.1 Å². The molecule has 0 saturated heterocycles. The molecule has 174 valence electrons. The van der Waals surface area contributed by atoms with E-state index in [-0.39, 0.29) is 23.2 Å². The molecule has 8 nitrogen and oxygen atoms in total. The average Bonchev–Trinajstić information content (AvgIpc) is 3.30. The third-order valence-corrected chi connectivity index (χ3v) is 4.81. The largest absolute Gasteiger partial charge is 0.448 e. The van der Waals surface area contributed by atoms with Crippen LogP contribution < -0.4 is 5.43 Å². The van der Waals surface area contributed by atoms with E-state index in [2.05, 4.69) is 15.3 Å². The van der Waals surface area contributed by atoms with E-state index < -0.39 is 34.9 Å². The van der Waals surface area contributed by atoms with Crippen LogP contribution in [0.1, 0.15) is 40.7 Å². The molecule has 0 N–H and O–H groups in total. The molecule has 0 aliphatic heterocycles. The number of rotatable bonds is 5. The van der Waals surface area contributed by atoms with Crippen LogP contribution in [0, 0.1) is 6.92 Å². The van der Waals surface area contributed by atoms with E-state index in [1.54, 1.807) is 24.3 Å². The van der Waals surface area contributed by atoms with E-state index in [0.29, 0.717) is 5.56 Å². The Kier molecular flexibility index (Phi) is 6.01. The summed E-state index contributed by atoms with van der Waals surface area (Å²) in [4.78, 5) is 25.1. The van der Waals surface area contributed by atoms with E-state index >= 15 is 0 Å². The van der Waals surface area contributed by atoms with E-state index in [4.69, 9.17) is 9.15 Å². The summed E-state index contributed by atoms with van der Waals surface area (Å²) >= 11 is 0. The van der Waals surface area contributed by atoms with Crippen LogP contribution in [-0.4, -0.2) is 25.9 Å². The number of hydrogen-bond acceptors (Lipinski definition) is 7. The molecule has 0 saturated carbocycles. The summed E-state index contributed by atoms with van der Waals surface area (Å²) in [5.41, 5.74) is -1.31. The minimum Gasteiger partial charge on any atom is -0.448 e. The fourth-order valence-corrected chi connectivity index (χ4v) is 3.13. The highest BCUT2D eigenvalue weighted by molar-refractivity contribution is 5.87. The zero-order valence-corrected chi connectivity index (χ0v) is 17.9. The molecule has 4 rings (SSSR count). The molecule has 4 aromatic rings. The van der Waals surface area contributed by atoms with Crippen molar-refractivity contribution in [2.45, 2.75) is 26.1 Å². The summed E-state index contributed by atoms with van der Waals surface area (Å²) in [6.45, 7) is 2.95. The number of alkyl halides is 3. The van der Waals surface area contributed by atoms with Gasteiger partial charge in [0.2, 0.25) is 17.0 Å². The Morgan fingerprint density at radius 1 is 1.06 bits per heavy atom. The SMILES string of the molecule is Cc1cc(=O)c(C(=O)OC(C)c2nnc(-c3ccccc3)o2)nn1-c1cccc(C(F)(F)F)c1. The van der Waals surface area contributed by atoms with Crippen LogP contribution in [0.5, 0.6) is 0 Å². The highest BCUT2D eigenvalue weighted by Crippen LogP contribution is 2.30. The monoisotopic (exact) mass is 470 g/mol. The Morgan fingerprint density at radius 2 is 1.79 bits per heavy atom. The Balaban J connectivity index is 1.60. The van der Waals surface area contributed by atoms with Crippen LogP contribution in [0.25, 0.3) is 17.1 Å². The lowest BCUT2D eigenvalue weighted by Crippen LogP contribution is -2.25. The number of carbonyl (C=O) groups excluding carboxylic acids is 1. The molecule has 0 bridgehead atoms. The molecule has 1 unspecified atom stereocenters. The molecule has 0 fully saturated rings. The zero-order valence-electron chi connectivity index (χ0n) is 17.9. The minimum absolute atomic E-state index is 0.00230. The van der Waals surface area contributed by atoms with Crippen LogP contribution in [-0.2, 0) is 10.9 Å². The number of hydrogen-bond donors (Lipinski definition) is 0. The fourth-order valence-electron chi connectivity index (χ4n) is 3.13. The first-order chi connectivity index (χ1) is 16.1. The third kappa shape index (κ3) is 4.72. The smallest absolute Gasteiger partial charge is 0.416 e. The molecule has 2 aromatic carbocycles. The van der Waals surface area contributed by atoms with Crippen molar-refractivity contribution < 1.29 is 27.1 Å². The normalized spacial score (nSPS) is 12.4. The van der Waals surface area contributed by atoms with Crippen molar-refractivity contribution in [2.75, 3.05) is 0 Å². The van der Waals surface area contributed by atoms with Gasteiger partial charge >= 0.3 is 12.1 Å². The van der Waals surface area contributed by atoms with Crippen molar-refractivity contribution in [1.82, 2.24) is 20.0 Å². The average molecular weight is 470 g/mol. The first-order valence-electron chi connectivity index (χ1n) is 10.0. The molecule has 0 amide bonds. The second-order valence-corrected chi connectivity index (χ2v) is 7.32. The van der Waals surface area contributed by atoms with Gasteiger partial charge < -0.3 is 9.15 Å². The van der Waals surface area contributed by atoms with Gasteiger partial charge in [-0.05, 0) is 44.2 Å². The Labute approximate surface area is 190 Å². The topological polar surface area (TPSA) is 100 Å². The number of aryl methyl sites for hydroxylation is 1. The number of halogens is 3. The van der Waals surface area contributed by atoms with Crippen LogP contribution in [0.3, 0.4) is 0 Å². The lowest BCUT2D eigenvalue weighted by atomic mass is 10.2. The number of esters is 1. The molecule has 34 heavy (non-hydrogen) atoms. The highest BCUT2D eigenvalue weighted by Gasteiger charge is 2.31. The molecular formula is C23H17F3N4O4. The predicted octanol–water partition coefficient (Wildman–Crippen LogP) is 4.53. The van der Waals surface area contributed by atoms with Crippen LogP contribution in [0.15, 0.2) is 69.9 Å². The lowest BCUT2D eigenvalue weighted by Gasteiger charge is -2.14. The number of benzene rings is 2. The molecule has 1 atom stereocenters. The first kappa shape index (κ1) is 22.9. The van der Waals surface area contributed by atoms with Crippen molar-refractivity contribution >= 4 is 5.97 Å². The van der Waals surface area contributed by atoms with Gasteiger partial charge in [0.1, 0.15) is 0 Å². The second kappa shape index (κ2) is 8.93. The van der Waals surface area contributed by atoms with Gasteiger partial charge in [-0.25, -0.2) is 9.48 Å². The van der Waals surface area contributed by atoms with E-state index in [0.717, 1.165) is 22.9 Å². The summed E-state index contributed by atoms with van der Waals surface area (Å²) < 4.78 is 51.2. The fraction of sp³-hybridized carbons (Fsp3) is 0.174. The van der Waals surface area contributed by atoms with Crippen LogP contribution in [0.4, 0.5) is 13.2 Å². The molecule has 0 aliphatic carbocycles. The molecule has 0 spiro atoms. The van der Waals surface area contributed by atoms with Gasteiger partial charge in [-0.2, -0.15) is 18.3 Å². The maximum Gasteiger partial charge on any atom is 0.416 e. The van der Waals surface area contributed by atoms with Gasteiger partial charge in [0.05, 0.1) is 11.3 Å². The van der Waals surface area contributed by atoms with Gasteiger partial charge in [0.15, 0.2) is 6.10 Å². The first-order valence-corrected chi connectivity index (χ1v) is 10.0. The zero-order chi connectivity index (χ0) is 24.5. The van der Waals surface area contributed by atoms with Gasteiger partial charge in [-0.15, -0.1) is 10.2 Å². The van der Waals surface area contributed by atoms with Crippen molar-refractivity contribution in [2.24, 2.45) is 0 Å². The molecule has 2 heterocycles. The summed E-state index contributed by atoms with van der Waals surface area (Å²) in [5.74, 6) is -0.867. The summed E-state index contributed by atoms with van der Waals surface area (Å²) in [6.07, 6.45) is -5.58. The maximum atomic E-state index is 13.1. The van der Waals surface area contributed by atoms with E-state index in [1.165, 1.54) is 26.0 Å². The predicted molar refractivity (Wildman–Crippen MR) is 113 cm³/mol. The number of aromatic nitrogens is 4. The quantitative estimate of drug-likeness (QED) is 0.395. The summed E-state index contributed by atoms with van der Waals surface area (Å²) in [7, 11) is 0. The Hall–Kier alpha value is -4.28. The highest BCUT2D eigenvalue weighted by atomic mass is 19.4. The van der Waals surface area contributed by atoms with Crippen LogP contribution >= 0.6 is 0 Å². The standard InChI is InChI=1S/C23H17F3N4O4/c1-13-11-18(31)19(29-30(13)17-10-6-9-16(12-17)23(24,25)26)22(32)33-14(2)20-27-28-21(34-20)15-7-4-3-5-8-15/h3-12,14H,1-2H3. The summed E-state index contributed by atoms with van der Waals surface area (Å²) in [6, 6.07) is 14.4. The van der Waals surface area contributed by atoms with E-state index in [9.17, 15) is 22.8 Å². The van der Waals surface area contributed by atoms with Gasteiger partial charge in [0.25, 0.3) is 5.89 Å². The molecular weight excluding hydrogens is 453 g/mol. The van der Waals surface area contributed by atoms with Gasteiger partial charge in [-0.1, -0.05) is 24.3 Å². The molecule has 0 aliphatic rings. The Bertz CT molecular complexity index is 1400. The van der Waals surface area contributed by atoms with Gasteiger partial charge in [-0.3, -0.25) is 4.79 Å². The third-order valence-electron chi connectivity index (χ3n) is 4.81. The van der Waals surface area contributed by atoms with Gasteiger partial charge in [0, 0.05) is 17.3 Å².